The number of benzene rings is 1. The van der Waals surface area contributed by atoms with E-state index < -0.39 is 0 Å². The highest BCUT2D eigenvalue weighted by Crippen LogP contribution is 2.28. The normalized spacial score (nSPS) is 10.5. The Hall–Kier alpha value is -2.76. The van der Waals surface area contributed by atoms with Gasteiger partial charge in [-0.3, -0.25) is 0 Å². The molecule has 0 atom stereocenters. The fourth-order valence-corrected chi connectivity index (χ4v) is 1.93. The highest BCUT2D eigenvalue weighted by molar-refractivity contribution is 5.82. The number of fused-ring (bicyclic) bond motifs is 1. The van der Waals surface area contributed by atoms with E-state index in [0.29, 0.717) is 23.2 Å². The third kappa shape index (κ3) is 2.11. The average Bonchev–Trinajstić information content (AvgIpc) is 2.95. The summed E-state index contributed by atoms with van der Waals surface area (Å²) in [5, 5.41) is 3.95. The van der Waals surface area contributed by atoms with Gasteiger partial charge in [-0.2, -0.15) is 9.97 Å². The van der Waals surface area contributed by atoms with E-state index in [2.05, 4.69) is 26.3 Å². The smallest absolute Gasteiger partial charge is 0.232 e. The molecule has 20 heavy (non-hydrogen) atoms. The lowest BCUT2D eigenvalue weighted by molar-refractivity contribution is 0.403. The van der Waals surface area contributed by atoms with E-state index in [4.69, 9.17) is 9.47 Å². The second-order valence-corrected chi connectivity index (χ2v) is 4.05. The number of anilines is 2. The summed E-state index contributed by atoms with van der Waals surface area (Å²) in [7, 11) is 3.18. The van der Waals surface area contributed by atoms with Crippen molar-refractivity contribution in [2.45, 2.75) is 0 Å². The van der Waals surface area contributed by atoms with Gasteiger partial charge in [0.15, 0.2) is 0 Å². The third-order valence-corrected chi connectivity index (χ3v) is 2.87. The minimum absolute atomic E-state index is 0.432. The van der Waals surface area contributed by atoms with E-state index in [-0.39, 0.29) is 0 Å². The van der Waals surface area contributed by atoms with Crippen LogP contribution in [0.1, 0.15) is 0 Å². The fraction of sp³-hybridized carbons (Fsp3) is 0.143. The Morgan fingerprint density at radius 1 is 1.20 bits per heavy atom. The molecule has 101 valence electrons. The lowest BCUT2D eigenvalue weighted by Gasteiger charge is -2.10. The number of aromatic nitrogens is 3. The van der Waals surface area contributed by atoms with Gasteiger partial charge in [-0.15, -0.1) is 0 Å². The minimum Gasteiger partial charge on any atom is -0.495 e. The van der Waals surface area contributed by atoms with Gasteiger partial charge in [-0.25, -0.2) is 0 Å². The van der Waals surface area contributed by atoms with Crippen LogP contribution >= 0.6 is 0 Å². The van der Waals surface area contributed by atoms with Gasteiger partial charge < -0.3 is 19.8 Å². The lowest BCUT2D eigenvalue weighted by atomic mass is 10.3. The maximum absolute atomic E-state index is 5.27. The maximum atomic E-state index is 5.27. The second kappa shape index (κ2) is 5.08. The van der Waals surface area contributed by atoms with Crippen LogP contribution in [-0.2, 0) is 0 Å². The summed E-state index contributed by atoms with van der Waals surface area (Å²) in [5.74, 6) is 1.61. The molecule has 3 aromatic rings. The van der Waals surface area contributed by atoms with Crippen LogP contribution in [0.2, 0.25) is 0 Å². The highest BCUT2D eigenvalue weighted by Gasteiger charge is 2.10. The number of ether oxygens (including phenoxy) is 2. The number of nitrogens with one attached hydrogen (secondary N) is 2. The average molecular weight is 269 g/mol. The van der Waals surface area contributed by atoms with Crippen LogP contribution in [0.25, 0.3) is 11.0 Å². The fourth-order valence-electron chi connectivity index (χ4n) is 1.93. The first kappa shape index (κ1) is 12.3. The number of hydrogen-bond donors (Lipinski definition) is 2. The predicted molar refractivity (Wildman–Crippen MR) is 75.6 cm³/mol. The Labute approximate surface area is 115 Å². The van der Waals surface area contributed by atoms with Crippen molar-refractivity contribution in [3.63, 3.8) is 0 Å². The third-order valence-electron chi connectivity index (χ3n) is 2.87. The first-order valence-corrected chi connectivity index (χ1v) is 6.02. The molecule has 1 aromatic carbocycles. The SMILES string of the molecule is COc1c[c]ccc1Nc1nc(OC)c2cc[nH]c2n1. The maximum Gasteiger partial charge on any atom is 0.232 e. The highest BCUT2D eigenvalue weighted by atomic mass is 16.5. The molecule has 0 fully saturated rings. The Kier molecular flexibility index (Phi) is 3.12. The molecule has 0 bridgehead atoms. The number of nitrogens with zero attached hydrogens (tertiary/aromatic N) is 2. The zero-order valence-corrected chi connectivity index (χ0v) is 11.1. The molecule has 0 aliphatic heterocycles. The van der Waals surface area contributed by atoms with Gasteiger partial charge in [-0.05, 0) is 24.3 Å². The Bertz CT molecular complexity index is 739. The molecule has 0 saturated heterocycles. The van der Waals surface area contributed by atoms with Crippen molar-refractivity contribution < 1.29 is 9.47 Å². The van der Waals surface area contributed by atoms with Gasteiger partial charge in [0.2, 0.25) is 11.8 Å². The number of rotatable bonds is 4. The van der Waals surface area contributed by atoms with Gasteiger partial charge in [0.05, 0.1) is 25.3 Å². The van der Waals surface area contributed by atoms with E-state index in [1.165, 1.54) is 0 Å². The summed E-state index contributed by atoms with van der Waals surface area (Å²) in [6, 6.07) is 10.2. The molecule has 3 rings (SSSR count). The molecular weight excluding hydrogens is 256 g/mol. The zero-order chi connectivity index (χ0) is 13.9. The van der Waals surface area contributed by atoms with Crippen molar-refractivity contribution >= 4 is 22.7 Å². The summed E-state index contributed by atoms with van der Waals surface area (Å²) >= 11 is 0. The summed E-state index contributed by atoms with van der Waals surface area (Å²) in [4.78, 5) is 11.8. The molecule has 0 aliphatic rings. The second-order valence-electron chi connectivity index (χ2n) is 4.05. The van der Waals surface area contributed by atoms with Gasteiger partial charge in [0, 0.05) is 6.20 Å². The zero-order valence-electron chi connectivity index (χ0n) is 11.1. The van der Waals surface area contributed by atoms with Crippen molar-refractivity contribution in [2.24, 2.45) is 0 Å². The standard InChI is InChI=1S/C14H13N4O2/c1-19-11-6-4-3-5-10(11)16-14-17-12-9(7-8-15-12)13(18-14)20-2/h3,5-8H,1-2H3,(H2,15,16,17,18). The molecule has 2 N–H and O–H groups in total. The van der Waals surface area contributed by atoms with E-state index in [1.807, 2.05) is 12.1 Å². The van der Waals surface area contributed by atoms with Gasteiger partial charge >= 0.3 is 0 Å². The van der Waals surface area contributed by atoms with E-state index in [0.717, 1.165) is 11.1 Å². The molecule has 6 heteroatoms. The lowest BCUT2D eigenvalue weighted by Crippen LogP contribution is -2.01. The molecule has 0 spiro atoms. The number of methoxy groups -OCH3 is 2. The van der Waals surface area contributed by atoms with Crippen LogP contribution in [0, 0.1) is 6.07 Å². The summed E-state index contributed by atoms with van der Waals surface area (Å²) < 4.78 is 10.5. The van der Waals surface area contributed by atoms with Crippen molar-refractivity contribution in [2.75, 3.05) is 19.5 Å². The Balaban J connectivity index is 2.02. The number of H-pyrrole nitrogens is 1. The quantitative estimate of drug-likeness (QED) is 0.761. The Morgan fingerprint density at radius 3 is 2.90 bits per heavy atom. The summed E-state index contributed by atoms with van der Waals surface area (Å²) in [5.41, 5.74) is 1.47. The van der Waals surface area contributed by atoms with Gasteiger partial charge in [-0.1, -0.05) is 6.07 Å². The first-order chi connectivity index (χ1) is 9.81. The predicted octanol–water partition coefficient (Wildman–Crippen LogP) is 2.52. The molecule has 6 nitrogen and oxygen atoms in total. The van der Waals surface area contributed by atoms with Crippen LogP contribution in [0.3, 0.4) is 0 Å². The van der Waals surface area contributed by atoms with Gasteiger partial charge in [0.25, 0.3) is 0 Å². The molecule has 0 unspecified atom stereocenters. The largest absolute Gasteiger partial charge is 0.495 e. The van der Waals surface area contributed by atoms with Crippen LogP contribution in [0.5, 0.6) is 11.6 Å². The molecule has 2 aromatic heterocycles. The van der Waals surface area contributed by atoms with Crippen molar-refractivity contribution in [1.82, 2.24) is 15.0 Å². The van der Waals surface area contributed by atoms with Crippen LogP contribution in [0.15, 0.2) is 30.5 Å². The molecular formula is C14H13N4O2. The topological polar surface area (TPSA) is 72.1 Å². The van der Waals surface area contributed by atoms with Crippen molar-refractivity contribution in [3.05, 3.63) is 36.5 Å². The van der Waals surface area contributed by atoms with Crippen molar-refractivity contribution in [3.8, 4) is 11.6 Å². The molecule has 1 radical (unpaired) electrons. The van der Waals surface area contributed by atoms with E-state index >= 15 is 0 Å². The number of aromatic amines is 1. The summed E-state index contributed by atoms with van der Waals surface area (Å²) in [6.07, 6.45) is 1.80. The first-order valence-electron chi connectivity index (χ1n) is 6.02. The van der Waals surface area contributed by atoms with E-state index in [1.54, 1.807) is 32.5 Å². The van der Waals surface area contributed by atoms with E-state index in [9.17, 15) is 0 Å². The summed E-state index contributed by atoms with van der Waals surface area (Å²) in [6.45, 7) is 0. The molecule has 0 aliphatic carbocycles. The number of hydrogen-bond acceptors (Lipinski definition) is 5. The van der Waals surface area contributed by atoms with Gasteiger partial charge in [0.1, 0.15) is 11.4 Å². The van der Waals surface area contributed by atoms with Crippen LogP contribution < -0.4 is 14.8 Å². The van der Waals surface area contributed by atoms with Crippen LogP contribution in [0.4, 0.5) is 11.6 Å². The molecule has 2 heterocycles. The van der Waals surface area contributed by atoms with Crippen LogP contribution in [-0.4, -0.2) is 29.2 Å². The minimum atomic E-state index is 0.432. The molecule has 0 saturated carbocycles. The monoisotopic (exact) mass is 269 g/mol. The molecule has 0 amide bonds. The Morgan fingerprint density at radius 2 is 2.10 bits per heavy atom. The van der Waals surface area contributed by atoms with Crippen molar-refractivity contribution in [1.29, 1.82) is 0 Å².